The molecule has 0 bridgehead atoms. The molecule has 2 aliphatic rings. The van der Waals surface area contributed by atoms with E-state index in [2.05, 4.69) is 24.9 Å². The minimum Gasteiger partial charge on any atom is -0.306 e. The molecular formula is C23H24N2O2S. The summed E-state index contributed by atoms with van der Waals surface area (Å²) in [7, 11) is -1.51. The van der Waals surface area contributed by atoms with Crippen molar-refractivity contribution in [1.82, 2.24) is 4.90 Å². The van der Waals surface area contributed by atoms with Gasteiger partial charge in [0, 0.05) is 12.5 Å². The zero-order chi connectivity index (χ0) is 19.5. The van der Waals surface area contributed by atoms with Crippen molar-refractivity contribution in [2.75, 3.05) is 24.4 Å². The molecule has 28 heavy (non-hydrogen) atoms. The molecule has 0 N–H and O–H groups in total. The molecule has 0 spiro atoms. The molecule has 0 unspecified atom stereocenters. The Bertz CT molecular complexity index is 1170. The van der Waals surface area contributed by atoms with Crippen LogP contribution in [0.2, 0.25) is 0 Å². The number of sulfonamides is 1. The fourth-order valence-corrected chi connectivity index (χ4v) is 6.57. The van der Waals surface area contributed by atoms with Crippen molar-refractivity contribution in [2.45, 2.75) is 30.2 Å². The van der Waals surface area contributed by atoms with Crippen LogP contribution < -0.4 is 4.31 Å². The second-order valence-electron chi connectivity index (χ2n) is 8.10. The number of anilines is 1. The fourth-order valence-electron chi connectivity index (χ4n) is 4.79. The van der Waals surface area contributed by atoms with Crippen molar-refractivity contribution in [3.63, 3.8) is 0 Å². The number of hydrogen-bond donors (Lipinski definition) is 0. The van der Waals surface area contributed by atoms with E-state index in [1.54, 1.807) is 16.4 Å². The summed E-state index contributed by atoms with van der Waals surface area (Å²) in [5, 5.41) is 2.00. The molecule has 144 valence electrons. The highest BCUT2D eigenvalue weighted by atomic mass is 32.2. The standard InChI is InChI=1S/C23H24N2O2S/c1-16-7-10-22-20(13-16)21-15-24(2)12-11-23(21)25(22)28(26,27)19-9-8-17-5-3-4-6-18(17)14-19/h3-10,13-14,21,23H,11-12,15H2,1-2H3/t21-,23-/m1/s1. The molecule has 3 aromatic carbocycles. The molecule has 0 amide bonds. The first kappa shape index (κ1) is 17.7. The highest BCUT2D eigenvalue weighted by Crippen LogP contribution is 2.47. The van der Waals surface area contributed by atoms with Gasteiger partial charge in [-0.2, -0.15) is 0 Å². The molecule has 0 aliphatic carbocycles. The van der Waals surface area contributed by atoms with Gasteiger partial charge in [-0.05, 0) is 61.5 Å². The summed E-state index contributed by atoms with van der Waals surface area (Å²) in [6.07, 6.45) is 0.849. The number of likely N-dealkylation sites (tertiary alicyclic amines) is 1. The van der Waals surface area contributed by atoms with Crippen LogP contribution in [0, 0.1) is 6.92 Å². The molecule has 0 radical (unpaired) electrons. The second-order valence-corrected chi connectivity index (χ2v) is 9.91. The molecule has 0 aromatic heterocycles. The molecular weight excluding hydrogens is 368 g/mol. The van der Waals surface area contributed by atoms with E-state index in [0.29, 0.717) is 4.90 Å². The highest BCUT2D eigenvalue weighted by Gasteiger charge is 2.46. The number of benzene rings is 3. The van der Waals surface area contributed by atoms with Crippen molar-refractivity contribution >= 4 is 26.5 Å². The predicted molar refractivity (Wildman–Crippen MR) is 113 cm³/mol. The number of aryl methyl sites for hydroxylation is 1. The van der Waals surface area contributed by atoms with Crippen molar-refractivity contribution < 1.29 is 8.42 Å². The van der Waals surface area contributed by atoms with E-state index in [4.69, 9.17) is 0 Å². The Balaban J connectivity index is 1.66. The lowest BCUT2D eigenvalue weighted by atomic mass is 9.89. The number of nitrogens with zero attached hydrogens (tertiary/aromatic N) is 2. The quantitative estimate of drug-likeness (QED) is 0.658. The summed E-state index contributed by atoms with van der Waals surface area (Å²) in [5.74, 6) is 0.226. The van der Waals surface area contributed by atoms with Crippen LogP contribution in [0.5, 0.6) is 0 Å². The maximum Gasteiger partial charge on any atom is 0.264 e. The zero-order valence-electron chi connectivity index (χ0n) is 16.2. The summed E-state index contributed by atoms with van der Waals surface area (Å²) in [4.78, 5) is 2.68. The maximum absolute atomic E-state index is 13.8. The second kappa shape index (κ2) is 6.33. The summed E-state index contributed by atoms with van der Waals surface area (Å²) in [6.45, 7) is 3.88. The molecule has 1 saturated heterocycles. The van der Waals surface area contributed by atoms with Crippen LogP contribution in [0.1, 0.15) is 23.5 Å². The van der Waals surface area contributed by atoms with Crippen LogP contribution in [0.15, 0.2) is 65.6 Å². The van der Waals surface area contributed by atoms with E-state index >= 15 is 0 Å². The molecule has 3 aromatic rings. The highest BCUT2D eigenvalue weighted by molar-refractivity contribution is 7.93. The normalized spacial score (nSPS) is 22.3. The molecule has 0 saturated carbocycles. The van der Waals surface area contributed by atoms with Gasteiger partial charge < -0.3 is 4.90 Å². The van der Waals surface area contributed by atoms with Gasteiger partial charge in [-0.1, -0.05) is 48.0 Å². The largest absolute Gasteiger partial charge is 0.306 e. The summed E-state index contributed by atoms with van der Waals surface area (Å²) in [5.41, 5.74) is 3.20. The Kier molecular flexibility index (Phi) is 4.00. The summed E-state index contributed by atoms with van der Waals surface area (Å²) in [6, 6.07) is 19.5. The van der Waals surface area contributed by atoms with Crippen LogP contribution in [0.25, 0.3) is 10.8 Å². The van der Waals surface area contributed by atoms with Crippen LogP contribution in [0.3, 0.4) is 0 Å². The van der Waals surface area contributed by atoms with Crippen molar-refractivity contribution in [3.05, 3.63) is 71.8 Å². The van der Waals surface area contributed by atoms with Gasteiger partial charge in [0.1, 0.15) is 0 Å². The van der Waals surface area contributed by atoms with E-state index in [1.165, 1.54) is 11.1 Å². The lowest BCUT2D eigenvalue weighted by Crippen LogP contribution is -2.47. The minimum atomic E-state index is -3.63. The molecule has 5 rings (SSSR count). The third-order valence-corrected chi connectivity index (χ3v) is 8.01. The predicted octanol–water partition coefficient (Wildman–Crippen LogP) is 4.14. The van der Waals surface area contributed by atoms with Crippen molar-refractivity contribution in [1.29, 1.82) is 0 Å². The SMILES string of the molecule is Cc1ccc2c(c1)[C@H]1CN(C)CC[C@H]1N2S(=O)(=O)c1ccc2ccccc2c1. The van der Waals surface area contributed by atoms with Crippen molar-refractivity contribution in [3.8, 4) is 0 Å². The smallest absolute Gasteiger partial charge is 0.264 e. The van der Waals surface area contributed by atoms with E-state index in [9.17, 15) is 8.42 Å². The first-order valence-corrected chi connectivity index (χ1v) is 11.2. The number of likely N-dealkylation sites (N-methyl/N-ethyl adjacent to an activating group) is 1. The lowest BCUT2D eigenvalue weighted by molar-refractivity contribution is 0.237. The first-order chi connectivity index (χ1) is 13.4. The molecule has 5 heteroatoms. The Morgan fingerprint density at radius 1 is 0.964 bits per heavy atom. The summed E-state index contributed by atoms with van der Waals surface area (Å²) < 4.78 is 29.3. The van der Waals surface area contributed by atoms with Gasteiger partial charge in [-0.25, -0.2) is 8.42 Å². The van der Waals surface area contributed by atoms with Crippen LogP contribution in [0.4, 0.5) is 5.69 Å². The van der Waals surface area contributed by atoms with Gasteiger partial charge in [-0.15, -0.1) is 0 Å². The monoisotopic (exact) mass is 392 g/mol. The number of rotatable bonds is 2. The van der Waals surface area contributed by atoms with E-state index < -0.39 is 10.0 Å². The zero-order valence-corrected chi connectivity index (χ0v) is 17.0. The first-order valence-electron chi connectivity index (χ1n) is 9.77. The Morgan fingerprint density at radius 3 is 2.57 bits per heavy atom. The molecule has 2 atom stereocenters. The average Bonchev–Trinajstić information content (AvgIpc) is 3.01. The van der Waals surface area contributed by atoms with E-state index in [0.717, 1.165) is 36.0 Å². The molecule has 2 aliphatic heterocycles. The third-order valence-electron chi connectivity index (χ3n) is 6.18. The van der Waals surface area contributed by atoms with Gasteiger partial charge in [-0.3, -0.25) is 4.31 Å². The average molecular weight is 393 g/mol. The van der Waals surface area contributed by atoms with Crippen LogP contribution in [-0.2, 0) is 10.0 Å². The Labute approximate surface area is 166 Å². The number of fused-ring (bicyclic) bond motifs is 4. The van der Waals surface area contributed by atoms with Gasteiger partial charge in [0.2, 0.25) is 0 Å². The Hall–Kier alpha value is -2.37. The third kappa shape index (κ3) is 2.65. The lowest BCUT2D eigenvalue weighted by Gasteiger charge is -2.36. The number of piperidine rings is 1. The van der Waals surface area contributed by atoms with E-state index in [1.807, 2.05) is 42.5 Å². The number of hydrogen-bond acceptors (Lipinski definition) is 3. The van der Waals surface area contributed by atoms with Gasteiger partial charge in [0.05, 0.1) is 16.6 Å². The van der Waals surface area contributed by atoms with Crippen molar-refractivity contribution in [2.24, 2.45) is 0 Å². The van der Waals surface area contributed by atoms with Crippen LogP contribution >= 0.6 is 0 Å². The molecule has 4 nitrogen and oxygen atoms in total. The molecule has 1 fully saturated rings. The van der Waals surface area contributed by atoms with Gasteiger partial charge >= 0.3 is 0 Å². The Morgan fingerprint density at radius 2 is 1.75 bits per heavy atom. The summed E-state index contributed by atoms with van der Waals surface area (Å²) >= 11 is 0. The van der Waals surface area contributed by atoms with Gasteiger partial charge in [0.25, 0.3) is 10.0 Å². The van der Waals surface area contributed by atoms with E-state index in [-0.39, 0.29) is 12.0 Å². The van der Waals surface area contributed by atoms with Gasteiger partial charge in [0.15, 0.2) is 0 Å². The molecule has 2 heterocycles. The minimum absolute atomic E-state index is 0.00975. The fraction of sp³-hybridized carbons (Fsp3) is 0.304. The van der Waals surface area contributed by atoms with Crippen LogP contribution in [-0.4, -0.2) is 39.5 Å². The maximum atomic E-state index is 13.8. The topological polar surface area (TPSA) is 40.6 Å².